The van der Waals surface area contributed by atoms with Crippen molar-refractivity contribution in [2.75, 3.05) is 5.32 Å². The minimum absolute atomic E-state index is 0.0367. The van der Waals surface area contributed by atoms with Crippen molar-refractivity contribution in [1.82, 2.24) is 5.32 Å². The lowest BCUT2D eigenvalue weighted by Crippen LogP contribution is -2.38. The van der Waals surface area contributed by atoms with Crippen molar-refractivity contribution in [1.29, 1.82) is 0 Å². The molecule has 2 aromatic rings. The number of para-hydroxylation sites is 1. The fraction of sp³-hybridized carbons (Fsp3) is 0.133. The molecule has 0 bridgehead atoms. The number of fused-ring (bicyclic) bond motifs is 1. The molecule has 0 spiro atoms. The van der Waals surface area contributed by atoms with Crippen LogP contribution in [0.5, 0.6) is 0 Å². The number of aryl methyl sites for hydroxylation is 1. The van der Waals surface area contributed by atoms with E-state index < -0.39 is 0 Å². The Morgan fingerprint density at radius 2 is 1.79 bits per heavy atom. The van der Waals surface area contributed by atoms with Crippen molar-refractivity contribution in [3.63, 3.8) is 0 Å². The number of amides is 1. The second kappa shape index (κ2) is 4.70. The molecule has 3 rings (SSSR count). The van der Waals surface area contributed by atoms with Gasteiger partial charge in [0.05, 0.1) is 11.3 Å². The average Bonchev–Trinajstić information content (AvgIpc) is 2.41. The molecular formula is C15H13BrN2O. The van der Waals surface area contributed by atoms with Gasteiger partial charge in [-0.05, 0) is 36.2 Å². The van der Waals surface area contributed by atoms with Gasteiger partial charge in [-0.15, -0.1) is 0 Å². The number of hydrogen-bond donors (Lipinski definition) is 2. The van der Waals surface area contributed by atoms with Crippen LogP contribution in [0.25, 0.3) is 0 Å². The van der Waals surface area contributed by atoms with Crippen LogP contribution in [0.2, 0.25) is 0 Å². The smallest absolute Gasteiger partial charge is 0.255 e. The van der Waals surface area contributed by atoms with Gasteiger partial charge >= 0.3 is 0 Å². The summed E-state index contributed by atoms with van der Waals surface area (Å²) in [5, 5.41) is 6.35. The lowest BCUT2D eigenvalue weighted by Gasteiger charge is -2.29. The molecule has 0 aromatic heterocycles. The highest BCUT2D eigenvalue weighted by Crippen LogP contribution is 2.29. The summed E-state index contributed by atoms with van der Waals surface area (Å²) < 4.78 is 1.02. The first-order valence-electron chi connectivity index (χ1n) is 6.07. The summed E-state index contributed by atoms with van der Waals surface area (Å²) in [6, 6.07) is 13.7. The normalized spacial score (nSPS) is 17.4. The van der Waals surface area contributed by atoms with E-state index in [0.717, 1.165) is 21.3 Å². The molecule has 19 heavy (non-hydrogen) atoms. The molecular weight excluding hydrogens is 304 g/mol. The number of benzene rings is 2. The van der Waals surface area contributed by atoms with Gasteiger partial charge in [-0.1, -0.05) is 40.2 Å². The van der Waals surface area contributed by atoms with Gasteiger partial charge in [-0.25, -0.2) is 0 Å². The van der Waals surface area contributed by atoms with Crippen LogP contribution in [-0.4, -0.2) is 5.91 Å². The van der Waals surface area contributed by atoms with Gasteiger partial charge in [0, 0.05) is 4.47 Å². The average molecular weight is 317 g/mol. The van der Waals surface area contributed by atoms with Gasteiger partial charge in [0.25, 0.3) is 5.91 Å². The first kappa shape index (κ1) is 12.2. The van der Waals surface area contributed by atoms with Crippen molar-refractivity contribution in [3.8, 4) is 0 Å². The molecule has 1 heterocycles. The maximum atomic E-state index is 12.1. The Labute approximate surface area is 120 Å². The van der Waals surface area contributed by atoms with E-state index in [-0.39, 0.29) is 12.1 Å². The number of anilines is 1. The molecule has 3 nitrogen and oxygen atoms in total. The summed E-state index contributed by atoms with van der Waals surface area (Å²) in [7, 11) is 0. The highest BCUT2D eigenvalue weighted by atomic mass is 79.9. The van der Waals surface area contributed by atoms with Crippen LogP contribution in [0.4, 0.5) is 5.69 Å². The molecule has 1 aliphatic heterocycles. The van der Waals surface area contributed by atoms with E-state index in [4.69, 9.17) is 0 Å². The maximum absolute atomic E-state index is 12.1. The molecule has 1 amide bonds. The Bertz CT molecular complexity index is 637. The van der Waals surface area contributed by atoms with E-state index in [9.17, 15) is 4.79 Å². The number of carbonyl (C=O) groups excluding carboxylic acids is 1. The summed E-state index contributed by atoms with van der Waals surface area (Å²) in [6.07, 6.45) is -0.186. The molecule has 1 atom stereocenters. The Balaban J connectivity index is 1.99. The number of carbonyl (C=O) groups is 1. The predicted octanol–water partition coefficient (Wildman–Crippen LogP) is 3.61. The van der Waals surface area contributed by atoms with Crippen LogP contribution in [0.3, 0.4) is 0 Å². The van der Waals surface area contributed by atoms with E-state index in [1.807, 2.05) is 49.4 Å². The number of hydrogen-bond acceptors (Lipinski definition) is 2. The van der Waals surface area contributed by atoms with Crippen molar-refractivity contribution in [2.24, 2.45) is 0 Å². The van der Waals surface area contributed by atoms with Crippen LogP contribution in [0.1, 0.15) is 27.7 Å². The first-order valence-corrected chi connectivity index (χ1v) is 6.87. The van der Waals surface area contributed by atoms with Gasteiger partial charge in [-0.3, -0.25) is 4.79 Å². The van der Waals surface area contributed by atoms with Crippen molar-refractivity contribution in [3.05, 3.63) is 63.6 Å². The second-order valence-electron chi connectivity index (χ2n) is 4.60. The van der Waals surface area contributed by atoms with Crippen LogP contribution in [0, 0.1) is 6.92 Å². The summed E-state index contributed by atoms with van der Waals surface area (Å²) in [6.45, 7) is 2.00. The van der Waals surface area contributed by atoms with Crippen LogP contribution in [-0.2, 0) is 0 Å². The molecule has 1 aliphatic rings. The molecule has 0 saturated carbocycles. The second-order valence-corrected chi connectivity index (χ2v) is 5.52. The van der Waals surface area contributed by atoms with Crippen molar-refractivity contribution >= 4 is 27.5 Å². The SMILES string of the molecule is Cc1cccc2c1NC(c1ccc(Br)cc1)NC2=O. The Morgan fingerprint density at radius 3 is 2.53 bits per heavy atom. The monoisotopic (exact) mass is 316 g/mol. The minimum Gasteiger partial charge on any atom is -0.361 e. The molecule has 0 fully saturated rings. The largest absolute Gasteiger partial charge is 0.361 e. The van der Waals surface area contributed by atoms with E-state index in [1.54, 1.807) is 0 Å². The standard InChI is InChI=1S/C15H13BrN2O/c1-9-3-2-4-12-13(9)17-14(18-15(12)19)10-5-7-11(16)8-6-10/h2-8,14,17H,1H3,(H,18,19). The quantitative estimate of drug-likeness (QED) is 0.843. The highest BCUT2D eigenvalue weighted by Gasteiger charge is 2.25. The number of rotatable bonds is 1. The third-order valence-corrected chi connectivity index (χ3v) is 3.81. The number of nitrogens with one attached hydrogen (secondary N) is 2. The maximum Gasteiger partial charge on any atom is 0.255 e. The molecule has 2 N–H and O–H groups in total. The van der Waals surface area contributed by atoms with E-state index >= 15 is 0 Å². The Kier molecular flexibility index (Phi) is 3.03. The van der Waals surface area contributed by atoms with Crippen LogP contribution < -0.4 is 10.6 Å². The zero-order valence-corrected chi connectivity index (χ0v) is 12.0. The van der Waals surface area contributed by atoms with Crippen molar-refractivity contribution in [2.45, 2.75) is 13.1 Å². The topological polar surface area (TPSA) is 41.1 Å². The van der Waals surface area contributed by atoms with Gasteiger partial charge in [0.1, 0.15) is 6.17 Å². The zero-order valence-electron chi connectivity index (χ0n) is 10.4. The van der Waals surface area contributed by atoms with E-state index in [2.05, 4.69) is 26.6 Å². The predicted molar refractivity (Wildman–Crippen MR) is 79.2 cm³/mol. The first-order chi connectivity index (χ1) is 9.15. The van der Waals surface area contributed by atoms with Gasteiger partial charge in [-0.2, -0.15) is 0 Å². The van der Waals surface area contributed by atoms with E-state index in [0.29, 0.717) is 5.56 Å². The van der Waals surface area contributed by atoms with Crippen LogP contribution >= 0.6 is 15.9 Å². The molecule has 96 valence electrons. The fourth-order valence-corrected chi connectivity index (χ4v) is 2.52. The third kappa shape index (κ3) is 2.24. The van der Waals surface area contributed by atoms with Crippen LogP contribution in [0.15, 0.2) is 46.9 Å². The van der Waals surface area contributed by atoms with E-state index in [1.165, 1.54) is 0 Å². The highest BCUT2D eigenvalue weighted by molar-refractivity contribution is 9.10. The summed E-state index contributed by atoms with van der Waals surface area (Å²) in [5.41, 5.74) is 3.73. The molecule has 0 aliphatic carbocycles. The molecule has 2 aromatic carbocycles. The summed E-state index contributed by atoms with van der Waals surface area (Å²) in [5.74, 6) is -0.0367. The fourth-order valence-electron chi connectivity index (χ4n) is 2.26. The summed E-state index contributed by atoms with van der Waals surface area (Å²) in [4.78, 5) is 12.1. The van der Waals surface area contributed by atoms with Gasteiger partial charge in [0.15, 0.2) is 0 Å². The molecule has 0 radical (unpaired) electrons. The number of halogens is 1. The zero-order chi connectivity index (χ0) is 13.4. The molecule has 1 unspecified atom stereocenters. The lowest BCUT2D eigenvalue weighted by atomic mass is 10.0. The minimum atomic E-state index is -0.186. The van der Waals surface area contributed by atoms with Gasteiger partial charge in [0.2, 0.25) is 0 Å². The van der Waals surface area contributed by atoms with Crippen molar-refractivity contribution < 1.29 is 4.79 Å². The molecule has 0 saturated heterocycles. The van der Waals surface area contributed by atoms with Gasteiger partial charge < -0.3 is 10.6 Å². The Morgan fingerprint density at radius 1 is 1.05 bits per heavy atom. The lowest BCUT2D eigenvalue weighted by molar-refractivity contribution is 0.0935. The third-order valence-electron chi connectivity index (χ3n) is 3.28. The summed E-state index contributed by atoms with van der Waals surface area (Å²) >= 11 is 3.41. The Hall–Kier alpha value is -1.81. The molecule has 4 heteroatoms.